The first-order valence-electron chi connectivity index (χ1n) is 8.20. The van der Waals surface area contributed by atoms with Crippen molar-refractivity contribution in [2.24, 2.45) is 17.3 Å². The molecule has 0 aromatic rings. The van der Waals surface area contributed by atoms with Crippen LogP contribution in [0.1, 0.15) is 90.9 Å². The predicted molar refractivity (Wildman–Crippen MR) is 76.2 cm³/mol. The summed E-state index contributed by atoms with van der Waals surface area (Å²) in [7, 11) is 0. The Bertz CT molecular complexity index is 208. The molecule has 0 heteroatoms. The van der Waals surface area contributed by atoms with Gasteiger partial charge < -0.3 is 0 Å². The second-order valence-corrected chi connectivity index (χ2v) is 7.34. The fraction of sp³-hybridized carbons (Fsp3) is 1.00. The van der Waals surface area contributed by atoms with E-state index in [0.717, 1.165) is 17.3 Å². The van der Waals surface area contributed by atoms with Crippen LogP contribution in [0.25, 0.3) is 0 Å². The minimum absolute atomic E-state index is 0.794. The highest BCUT2D eigenvalue weighted by Crippen LogP contribution is 2.47. The van der Waals surface area contributed by atoms with Crippen LogP contribution in [-0.2, 0) is 0 Å². The Balaban J connectivity index is 1.89. The van der Waals surface area contributed by atoms with E-state index >= 15 is 0 Å². The van der Waals surface area contributed by atoms with Gasteiger partial charge in [-0.25, -0.2) is 0 Å². The SMILES string of the molecule is CC(C)CC1CCCC2(CCCCCC2)CC1. The van der Waals surface area contributed by atoms with Gasteiger partial charge >= 0.3 is 0 Å². The Hall–Kier alpha value is 0. The van der Waals surface area contributed by atoms with Gasteiger partial charge in [0.1, 0.15) is 0 Å². The van der Waals surface area contributed by atoms with E-state index in [1.165, 1.54) is 51.4 Å². The average molecular weight is 236 g/mol. The topological polar surface area (TPSA) is 0 Å². The van der Waals surface area contributed by atoms with Gasteiger partial charge in [-0.15, -0.1) is 0 Å². The van der Waals surface area contributed by atoms with Gasteiger partial charge in [0.15, 0.2) is 0 Å². The number of hydrogen-bond donors (Lipinski definition) is 0. The lowest BCUT2D eigenvalue weighted by molar-refractivity contribution is 0.202. The second kappa shape index (κ2) is 6.25. The quantitative estimate of drug-likeness (QED) is 0.555. The Morgan fingerprint density at radius 2 is 1.47 bits per heavy atom. The molecule has 0 aromatic heterocycles. The molecule has 0 aliphatic heterocycles. The molecular weight excluding hydrogens is 204 g/mol. The summed E-state index contributed by atoms with van der Waals surface area (Å²) in [6.45, 7) is 4.79. The van der Waals surface area contributed by atoms with Gasteiger partial charge in [-0.2, -0.15) is 0 Å². The molecule has 17 heavy (non-hydrogen) atoms. The molecule has 100 valence electrons. The van der Waals surface area contributed by atoms with Crippen LogP contribution >= 0.6 is 0 Å². The summed E-state index contributed by atoms with van der Waals surface area (Å²) in [6, 6.07) is 0. The summed E-state index contributed by atoms with van der Waals surface area (Å²) in [5, 5.41) is 0. The molecule has 2 aliphatic carbocycles. The third kappa shape index (κ3) is 4.00. The highest BCUT2D eigenvalue weighted by Gasteiger charge is 2.33. The monoisotopic (exact) mass is 236 g/mol. The molecule has 0 nitrogen and oxygen atoms in total. The molecular formula is C17H32. The lowest BCUT2D eigenvalue weighted by Crippen LogP contribution is -2.19. The van der Waals surface area contributed by atoms with E-state index in [2.05, 4.69) is 13.8 Å². The van der Waals surface area contributed by atoms with Crippen molar-refractivity contribution >= 4 is 0 Å². The maximum Gasteiger partial charge on any atom is -0.0297 e. The maximum absolute atomic E-state index is 2.40. The van der Waals surface area contributed by atoms with E-state index in [4.69, 9.17) is 0 Å². The summed E-state index contributed by atoms with van der Waals surface area (Å²) in [5.74, 6) is 1.96. The molecule has 0 saturated heterocycles. The van der Waals surface area contributed by atoms with E-state index in [-0.39, 0.29) is 0 Å². The summed E-state index contributed by atoms with van der Waals surface area (Å²) >= 11 is 0. The van der Waals surface area contributed by atoms with Crippen LogP contribution in [0, 0.1) is 17.3 Å². The zero-order valence-electron chi connectivity index (χ0n) is 12.1. The van der Waals surface area contributed by atoms with Gasteiger partial charge in [0.25, 0.3) is 0 Å². The fourth-order valence-corrected chi connectivity index (χ4v) is 4.43. The summed E-state index contributed by atoms with van der Waals surface area (Å²) < 4.78 is 0. The van der Waals surface area contributed by atoms with Crippen molar-refractivity contribution in [2.45, 2.75) is 90.9 Å². The largest absolute Gasteiger partial charge is 0.0628 e. The van der Waals surface area contributed by atoms with Crippen LogP contribution in [0.4, 0.5) is 0 Å². The van der Waals surface area contributed by atoms with Gasteiger partial charge in [0, 0.05) is 0 Å². The van der Waals surface area contributed by atoms with E-state index in [1.54, 1.807) is 25.7 Å². The average Bonchev–Trinajstić information content (AvgIpc) is 2.61. The van der Waals surface area contributed by atoms with E-state index < -0.39 is 0 Å². The molecule has 0 N–H and O–H groups in total. The van der Waals surface area contributed by atoms with Crippen LogP contribution in [0.3, 0.4) is 0 Å². The van der Waals surface area contributed by atoms with Crippen LogP contribution in [0.15, 0.2) is 0 Å². The van der Waals surface area contributed by atoms with Gasteiger partial charge in [0.2, 0.25) is 0 Å². The summed E-state index contributed by atoms with van der Waals surface area (Å²) in [5.41, 5.74) is 0.794. The van der Waals surface area contributed by atoms with Gasteiger partial charge in [0.05, 0.1) is 0 Å². The third-order valence-electron chi connectivity index (χ3n) is 5.37. The normalized spacial score (nSPS) is 30.2. The molecule has 0 aromatic carbocycles. The third-order valence-corrected chi connectivity index (χ3v) is 5.37. The molecule has 2 saturated carbocycles. The minimum Gasteiger partial charge on any atom is -0.0628 e. The van der Waals surface area contributed by atoms with Crippen molar-refractivity contribution in [3.05, 3.63) is 0 Å². The first kappa shape index (κ1) is 13.4. The highest BCUT2D eigenvalue weighted by atomic mass is 14.4. The van der Waals surface area contributed by atoms with Crippen LogP contribution in [0.2, 0.25) is 0 Å². The molecule has 1 atom stereocenters. The fourth-order valence-electron chi connectivity index (χ4n) is 4.43. The van der Waals surface area contributed by atoms with Crippen LogP contribution in [-0.4, -0.2) is 0 Å². The summed E-state index contributed by atoms with van der Waals surface area (Å²) in [4.78, 5) is 0. The molecule has 0 bridgehead atoms. The van der Waals surface area contributed by atoms with Crippen molar-refractivity contribution in [1.29, 1.82) is 0 Å². The zero-order valence-corrected chi connectivity index (χ0v) is 12.1. The van der Waals surface area contributed by atoms with Gasteiger partial charge in [-0.3, -0.25) is 0 Å². The van der Waals surface area contributed by atoms with Crippen molar-refractivity contribution in [3.63, 3.8) is 0 Å². The van der Waals surface area contributed by atoms with E-state index in [0.29, 0.717) is 0 Å². The molecule has 0 heterocycles. The molecule has 1 spiro atoms. The van der Waals surface area contributed by atoms with E-state index in [9.17, 15) is 0 Å². The Morgan fingerprint density at radius 1 is 0.824 bits per heavy atom. The Kier molecular flexibility index (Phi) is 4.94. The minimum atomic E-state index is 0.794. The van der Waals surface area contributed by atoms with Crippen LogP contribution < -0.4 is 0 Å². The predicted octanol–water partition coefficient (Wildman–Crippen LogP) is 5.95. The van der Waals surface area contributed by atoms with Crippen LogP contribution in [0.5, 0.6) is 0 Å². The lowest BCUT2D eigenvalue weighted by Gasteiger charge is -2.32. The van der Waals surface area contributed by atoms with Crippen molar-refractivity contribution in [2.75, 3.05) is 0 Å². The standard InChI is InChI=1S/C17H32/c1-15(2)14-16-8-7-12-17(13-9-16)10-5-3-4-6-11-17/h15-16H,3-14H2,1-2H3. The summed E-state index contributed by atoms with van der Waals surface area (Å²) in [6.07, 6.45) is 18.4. The number of hydrogen-bond acceptors (Lipinski definition) is 0. The molecule has 2 rings (SSSR count). The molecule has 0 amide bonds. The van der Waals surface area contributed by atoms with E-state index in [1.807, 2.05) is 0 Å². The molecule has 1 unspecified atom stereocenters. The van der Waals surface area contributed by atoms with Gasteiger partial charge in [-0.05, 0) is 55.8 Å². The lowest BCUT2D eigenvalue weighted by atomic mass is 9.74. The van der Waals surface area contributed by atoms with Crippen molar-refractivity contribution in [1.82, 2.24) is 0 Å². The highest BCUT2D eigenvalue weighted by molar-refractivity contribution is 4.85. The van der Waals surface area contributed by atoms with Crippen molar-refractivity contribution < 1.29 is 0 Å². The second-order valence-electron chi connectivity index (χ2n) is 7.34. The van der Waals surface area contributed by atoms with Crippen molar-refractivity contribution in [3.8, 4) is 0 Å². The Labute approximate surface area is 109 Å². The Morgan fingerprint density at radius 3 is 2.12 bits per heavy atom. The van der Waals surface area contributed by atoms with Gasteiger partial charge in [-0.1, -0.05) is 52.4 Å². The molecule has 2 fully saturated rings. The molecule has 2 aliphatic rings. The maximum atomic E-state index is 2.40. The molecule has 0 radical (unpaired) electrons. The first-order chi connectivity index (χ1) is 8.20. The number of rotatable bonds is 2. The first-order valence-corrected chi connectivity index (χ1v) is 8.20. The zero-order chi connectivity index (χ0) is 12.1. The smallest absolute Gasteiger partial charge is 0.0297 e.